The fourth-order valence-electron chi connectivity index (χ4n) is 1.99. The van der Waals surface area contributed by atoms with Gasteiger partial charge in [0.05, 0.1) is 0 Å². The maximum atomic E-state index is 5.42. The Balaban J connectivity index is 2.00. The van der Waals surface area contributed by atoms with Crippen molar-refractivity contribution < 1.29 is 4.74 Å². The molecule has 1 saturated heterocycles. The summed E-state index contributed by atoms with van der Waals surface area (Å²) < 4.78 is 5.42. The summed E-state index contributed by atoms with van der Waals surface area (Å²) in [5, 5.41) is 0. The number of ether oxygens (including phenoxy) is 1. The van der Waals surface area contributed by atoms with Gasteiger partial charge in [0.15, 0.2) is 0 Å². The molecule has 0 radical (unpaired) electrons. The Morgan fingerprint density at radius 1 is 1.21 bits per heavy atom. The van der Waals surface area contributed by atoms with Crippen molar-refractivity contribution in [1.82, 2.24) is 4.90 Å². The van der Waals surface area contributed by atoms with Gasteiger partial charge in [0.2, 0.25) is 0 Å². The Labute approximate surface area is 88.6 Å². The molecule has 1 rings (SSSR count). The maximum absolute atomic E-state index is 5.42. The van der Waals surface area contributed by atoms with Crippen molar-refractivity contribution in [2.75, 3.05) is 32.8 Å². The highest BCUT2D eigenvalue weighted by Gasteiger charge is 2.11. The lowest BCUT2D eigenvalue weighted by molar-refractivity contribution is 0.105. The summed E-state index contributed by atoms with van der Waals surface area (Å²) in [4.78, 5) is 2.60. The molecule has 0 amide bonds. The van der Waals surface area contributed by atoms with Crippen LogP contribution in [-0.2, 0) is 4.74 Å². The minimum absolute atomic E-state index is 0.719. The average molecular weight is 199 g/mol. The molecular formula is C12H25NO. The molecule has 1 atom stereocenters. The van der Waals surface area contributed by atoms with Gasteiger partial charge in [-0.15, -0.1) is 0 Å². The van der Waals surface area contributed by atoms with Crippen LogP contribution in [0.2, 0.25) is 0 Å². The third kappa shape index (κ3) is 4.97. The number of piperidine rings is 1. The summed E-state index contributed by atoms with van der Waals surface area (Å²) in [6.45, 7) is 10.1. The van der Waals surface area contributed by atoms with Gasteiger partial charge in [0, 0.05) is 13.2 Å². The van der Waals surface area contributed by atoms with Crippen molar-refractivity contribution in [2.45, 2.75) is 39.5 Å². The number of rotatable bonds is 6. The molecule has 14 heavy (non-hydrogen) atoms. The Hall–Kier alpha value is -0.0800. The van der Waals surface area contributed by atoms with Crippen LogP contribution in [0.3, 0.4) is 0 Å². The highest BCUT2D eigenvalue weighted by Crippen LogP contribution is 2.11. The molecule has 1 heterocycles. The van der Waals surface area contributed by atoms with E-state index in [1.807, 2.05) is 0 Å². The van der Waals surface area contributed by atoms with Crippen LogP contribution in [0.15, 0.2) is 0 Å². The molecule has 0 saturated carbocycles. The summed E-state index contributed by atoms with van der Waals surface area (Å²) in [6, 6.07) is 0. The van der Waals surface area contributed by atoms with E-state index >= 15 is 0 Å². The van der Waals surface area contributed by atoms with Crippen molar-refractivity contribution in [3.63, 3.8) is 0 Å². The molecule has 0 aromatic rings. The highest BCUT2D eigenvalue weighted by molar-refractivity contribution is 4.65. The van der Waals surface area contributed by atoms with Gasteiger partial charge >= 0.3 is 0 Å². The van der Waals surface area contributed by atoms with Crippen molar-refractivity contribution in [3.05, 3.63) is 0 Å². The Morgan fingerprint density at radius 3 is 2.57 bits per heavy atom. The molecule has 0 spiro atoms. The van der Waals surface area contributed by atoms with E-state index in [0.717, 1.165) is 19.1 Å². The van der Waals surface area contributed by atoms with E-state index in [1.165, 1.54) is 45.3 Å². The van der Waals surface area contributed by atoms with E-state index in [9.17, 15) is 0 Å². The largest absolute Gasteiger partial charge is 0.381 e. The Kier molecular flexibility index (Phi) is 6.20. The molecule has 0 N–H and O–H groups in total. The number of hydrogen-bond acceptors (Lipinski definition) is 2. The standard InChI is InChI=1S/C12H25NO/c1-3-14-11-12(2)7-10-13-8-5-4-6-9-13/h12H,3-11H2,1-2H3. The molecule has 0 aliphatic carbocycles. The first-order valence-corrected chi connectivity index (χ1v) is 6.13. The zero-order valence-electron chi connectivity index (χ0n) is 9.80. The van der Waals surface area contributed by atoms with Crippen LogP contribution < -0.4 is 0 Å². The van der Waals surface area contributed by atoms with Gasteiger partial charge in [-0.05, 0) is 51.7 Å². The van der Waals surface area contributed by atoms with E-state index < -0.39 is 0 Å². The van der Waals surface area contributed by atoms with Crippen LogP contribution in [0.1, 0.15) is 39.5 Å². The van der Waals surface area contributed by atoms with Gasteiger partial charge in [-0.1, -0.05) is 13.3 Å². The third-order valence-electron chi connectivity index (χ3n) is 2.99. The quantitative estimate of drug-likeness (QED) is 0.652. The number of likely N-dealkylation sites (tertiary alicyclic amines) is 1. The SMILES string of the molecule is CCOCC(C)CCN1CCCCC1. The zero-order valence-corrected chi connectivity index (χ0v) is 9.80. The fourth-order valence-corrected chi connectivity index (χ4v) is 1.99. The Bertz CT molecular complexity index is 132. The third-order valence-corrected chi connectivity index (χ3v) is 2.99. The second-order valence-corrected chi connectivity index (χ2v) is 4.46. The molecule has 0 aromatic heterocycles. The van der Waals surface area contributed by atoms with E-state index in [-0.39, 0.29) is 0 Å². The zero-order chi connectivity index (χ0) is 10.2. The normalized spacial score (nSPS) is 21.0. The minimum Gasteiger partial charge on any atom is -0.381 e. The van der Waals surface area contributed by atoms with Crippen LogP contribution in [0, 0.1) is 5.92 Å². The summed E-state index contributed by atoms with van der Waals surface area (Å²) >= 11 is 0. The summed E-state index contributed by atoms with van der Waals surface area (Å²) in [7, 11) is 0. The van der Waals surface area contributed by atoms with Gasteiger partial charge in [0.1, 0.15) is 0 Å². The summed E-state index contributed by atoms with van der Waals surface area (Å²) in [6.07, 6.45) is 5.53. The fraction of sp³-hybridized carbons (Fsp3) is 1.00. The van der Waals surface area contributed by atoms with Crippen molar-refractivity contribution in [3.8, 4) is 0 Å². The molecule has 1 aliphatic heterocycles. The van der Waals surface area contributed by atoms with Gasteiger partial charge in [-0.25, -0.2) is 0 Å². The lowest BCUT2D eigenvalue weighted by Crippen LogP contribution is -2.31. The van der Waals surface area contributed by atoms with E-state index in [4.69, 9.17) is 4.74 Å². The molecule has 2 nitrogen and oxygen atoms in total. The van der Waals surface area contributed by atoms with Gasteiger partial charge in [0.25, 0.3) is 0 Å². The van der Waals surface area contributed by atoms with Crippen LogP contribution in [-0.4, -0.2) is 37.7 Å². The molecule has 84 valence electrons. The maximum Gasteiger partial charge on any atom is 0.0491 e. The smallest absolute Gasteiger partial charge is 0.0491 e. The molecule has 1 aliphatic rings. The predicted molar refractivity (Wildman–Crippen MR) is 60.6 cm³/mol. The lowest BCUT2D eigenvalue weighted by Gasteiger charge is -2.27. The van der Waals surface area contributed by atoms with E-state index in [1.54, 1.807) is 0 Å². The molecule has 2 heteroatoms. The lowest BCUT2D eigenvalue weighted by atomic mass is 10.1. The molecular weight excluding hydrogens is 174 g/mol. The summed E-state index contributed by atoms with van der Waals surface area (Å²) in [5.41, 5.74) is 0. The van der Waals surface area contributed by atoms with Crippen molar-refractivity contribution in [1.29, 1.82) is 0 Å². The number of nitrogens with zero attached hydrogens (tertiary/aromatic N) is 1. The Morgan fingerprint density at radius 2 is 1.93 bits per heavy atom. The van der Waals surface area contributed by atoms with Crippen LogP contribution in [0.5, 0.6) is 0 Å². The van der Waals surface area contributed by atoms with Gasteiger partial charge < -0.3 is 9.64 Å². The molecule has 1 unspecified atom stereocenters. The first-order chi connectivity index (χ1) is 6.83. The van der Waals surface area contributed by atoms with Gasteiger partial charge in [-0.3, -0.25) is 0 Å². The second kappa shape index (κ2) is 7.24. The topological polar surface area (TPSA) is 12.5 Å². The van der Waals surface area contributed by atoms with Crippen molar-refractivity contribution in [2.24, 2.45) is 5.92 Å². The number of hydrogen-bond donors (Lipinski definition) is 0. The van der Waals surface area contributed by atoms with E-state index in [0.29, 0.717) is 0 Å². The van der Waals surface area contributed by atoms with Crippen molar-refractivity contribution >= 4 is 0 Å². The summed E-state index contributed by atoms with van der Waals surface area (Å²) in [5.74, 6) is 0.719. The minimum atomic E-state index is 0.719. The second-order valence-electron chi connectivity index (χ2n) is 4.46. The molecule has 0 aromatic carbocycles. The van der Waals surface area contributed by atoms with Gasteiger partial charge in [-0.2, -0.15) is 0 Å². The highest BCUT2D eigenvalue weighted by atomic mass is 16.5. The first-order valence-electron chi connectivity index (χ1n) is 6.13. The monoisotopic (exact) mass is 199 g/mol. The van der Waals surface area contributed by atoms with Crippen LogP contribution >= 0.6 is 0 Å². The average Bonchev–Trinajstić information content (AvgIpc) is 2.25. The molecule has 1 fully saturated rings. The first kappa shape index (κ1) is 12.0. The predicted octanol–water partition coefficient (Wildman–Crippen LogP) is 2.54. The van der Waals surface area contributed by atoms with Crippen LogP contribution in [0.4, 0.5) is 0 Å². The van der Waals surface area contributed by atoms with E-state index in [2.05, 4.69) is 18.7 Å². The molecule has 0 bridgehead atoms. The van der Waals surface area contributed by atoms with Crippen LogP contribution in [0.25, 0.3) is 0 Å².